The second-order valence-electron chi connectivity index (χ2n) is 4.31. The second-order valence-corrected chi connectivity index (χ2v) is 4.31. The number of pyridine rings is 1. The second kappa shape index (κ2) is 6.43. The summed E-state index contributed by atoms with van der Waals surface area (Å²) in [6, 6.07) is 10.5. The fourth-order valence-corrected chi connectivity index (χ4v) is 1.72. The van der Waals surface area contributed by atoms with Crippen molar-refractivity contribution in [2.24, 2.45) is 0 Å². The van der Waals surface area contributed by atoms with Gasteiger partial charge in [0.15, 0.2) is 0 Å². The van der Waals surface area contributed by atoms with E-state index in [2.05, 4.69) is 11.1 Å². The first kappa shape index (κ1) is 15.1. The van der Waals surface area contributed by atoms with Gasteiger partial charge >= 0.3 is 6.18 Å². The normalized spacial score (nSPS) is 11.8. The molecular weight excluding hydrogens is 279 g/mol. The zero-order valence-electron chi connectivity index (χ0n) is 11.3. The molecule has 5 heteroatoms. The predicted octanol–water partition coefficient (Wildman–Crippen LogP) is 4.17. The SMILES string of the molecule is COc1ccc(C=CCc2[c]c(C(F)(F)F)ccn2)cc1. The Balaban J connectivity index is 2.03. The van der Waals surface area contributed by atoms with Crippen LogP contribution in [0.15, 0.2) is 42.6 Å². The van der Waals surface area contributed by atoms with Crippen molar-refractivity contribution in [2.45, 2.75) is 12.6 Å². The van der Waals surface area contributed by atoms with Gasteiger partial charge in [-0.25, -0.2) is 0 Å². The van der Waals surface area contributed by atoms with E-state index in [1.807, 2.05) is 30.3 Å². The fraction of sp³-hybridized carbons (Fsp3) is 0.188. The molecule has 0 aliphatic heterocycles. The number of nitrogens with zero attached hydrogens (tertiary/aromatic N) is 1. The summed E-state index contributed by atoms with van der Waals surface area (Å²) < 4.78 is 42.7. The Labute approximate surface area is 120 Å². The summed E-state index contributed by atoms with van der Waals surface area (Å²) >= 11 is 0. The van der Waals surface area contributed by atoms with Crippen LogP contribution < -0.4 is 4.74 Å². The monoisotopic (exact) mass is 292 g/mol. The minimum absolute atomic E-state index is 0.259. The Morgan fingerprint density at radius 2 is 1.90 bits per heavy atom. The quantitative estimate of drug-likeness (QED) is 0.844. The molecule has 0 aliphatic carbocycles. The lowest BCUT2D eigenvalue weighted by Gasteiger charge is -2.06. The van der Waals surface area contributed by atoms with Crippen LogP contribution in [0.1, 0.15) is 16.8 Å². The van der Waals surface area contributed by atoms with Crippen molar-refractivity contribution in [1.29, 1.82) is 0 Å². The van der Waals surface area contributed by atoms with E-state index in [1.54, 1.807) is 13.2 Å². The van der Waals surface area contributed by atoms with Crippen LogP contribution in [0, 0.1) is 6.07 Å². The number of ether oxygens (including phenoxy) is 1. The maximum absolute atomic E-state index is 12.5. The Kier molecular flexibility index (Phi) is 4.62. The van der Waals surface area contributed by atoms with E-state index >= 15 is 0 Å². The van der Waals surface area contributed by atoms with Crippen LogP contribution in [0.2, 0.25) is 0 Å². The van der Waals surface area contributed by atoms with Crippen molar-refractivity contribution in [1.82, 2.24) is 4.98 Å². The van der Waals surface area contributed by atoms with E-state index in [0.29, 0.717) is 0 Å². The Hall–Kier alpha value is -2.30. The van der Waals surface area contributed by atoms with Gasteiger partial charge in [0.05, 0.1) is 18.4 Å². The number of allylic oxidation sites excluding steroid dienone is 1. The molecule has 0 bridgehead atoms. The third-order valence-electron chi connectivity index (χ3n) is 2.79. The molecule has 21 heavy (non-hydrogen) atoms. The van der Waals surface area contributed by atoms with Crippen LogP contribution in [0.3, 0.4) is 0 Å². The van der Waals surface area contributed by atoms with Gasteiger partial charge in [0.2, 0.25) is 0 Å². The van der Waals surface area contributed by atoms with E-state index in [4.69, 9.17) is 4.74 Å². The predicted molar refractivity (Wildman–Crippen MR) is 73.8 cm³/mol. The van der Waals surface area contributed by atoms with Gasteiger partial charge in [-0.2, -0.15) is 13.2 Å². The number of methoxy groups -OCH3 is 1. The minimum Gasteiger partial charge on any atom is -0.497 e. The third-order valence-corrected chi connectivity index (χ3v) is 2.79. The van der Waals surface area contributed by atoms with Crippen LogP contribution in [0.5, 0.6) is 5.75 Å². The molecule has 2 rings (SSSR count). The number of alkyl halides is 3. The zero-order chi connectivity index (χ0) is 15.3. The zero-order valence-corrected chi connectivity index (χ0v) is 11.3. The lowest BCUT2D eigenvalue weighted by molar-refractivity contribution is -0.137. The highest BCUT2D eigenvalue weighted by molar-refractivity contribution is 5.50. The molecular formula is C16H13F3NO. The van der Waals surface area contributed by atoms with E-state index in [1.165, 1.54) is 0 Å². The van der Waals surface area contributed by atoms with Gasteiger partial charge in [-0.3, -0.25) is 4.98 Å². The summed E-state index contributed by atoms with van der Waals surface area (Å²) in [5.74, 6) is 0.750. The highest BCUT2D eigenvalue weighted by Crippen LogP contribution is 2.28. The first-order chi connectivity index (χ1) is 9.99. The van der Waals surface area contributed by atoms with Crippen molar-refractivity contribution in [2.75, 3.05) is 7.11 Å². The van der Waals surface area contributed by atoms with Crippen LogP contribution in [0.4, 0.5) is 13.2 Å². The van der Waals surface area contributed by atoms with Crippen molar-refractivity contribution in [3.05, 3.63) is 65.5 Å². The average Bonchev–Trinajstić information content (AvgIpc) is 2.47. The topological polar surface area (TPSA) is 22.1 Å². The lowest BCUT2D eigenvalue weighted by atomic mass is 10.1. The molecule has 0 fully saturated rings. The van der Waals surface area contributed by atoms with E-state index in [9.17, 15) is 13.2 Å². The summed E-state index contributed by atoms with van der Waals surface area (Å²) in [5, 5.41) is 0. The number of hydrogen-bond acceptors (Lipinski definition) is 2. The van der Waals surface area contributed by atoms with Crippen LogP contribution in [-0.4, -0.2) is 12.1 Å². The summed E-state index contributed by atoms with van der Waals surface area (Å²) in [6.45, 7) is 0. The van der Waals surface area contributed by atoms with E-state index < -0.39 is 11.7 Å². The summed E-state index contributed by atoms with van der Waals surface area (Å²) in [6.07, 6.45) is 0.610. The van der Waals surface area contributed by atoms with Gasteiger partial charge in [-0.05, 0) is 23.8 Å². The highest BCUT2D eigenvalue weighted by Gasteiger charge is 2.30. The third kappa shape index (κ3) is 4.34. The molecule has 0 unspecified atom stereocenters. The molecule has 0 aliphatic rings. The first-order valence-electron chi connectivity index (χ1n) is 6.24. The van der Waals surface area contributed by atoms with Gasteiger partial charge in [-0.15, -0.1) is 0 Å². The van der Waals surface area contributed by atoms with Crippen molar-refractivity contribution < 1.29 is 17.9 Å². The molecule has 2 aromatic rings. The molecule has 1 heterocycles. The van der Waals surface area contributed by atoms with Crippen molar-refractivity contribution in [3.8, 4) is 5.75 Å². The molecule has 0 saturated heterocycles. The Morgan fingerprint density at radius 3 is 2.52 bits per heavy atom. The number of aromatic nitrogens is 1. The molecule has 2 nitrogen and oxygen atoms in total. The van der Waals surface area contributed by atoms with Gasteiger partial charge in [0.25, 0.3) is 0 Å². The summed E-state index contributed by atoms with van der Waals surface area (Å²) in [5.41, 5.74) is 0.391. The molecule has 0 N–H and O–H groups in total. The van der Waals surface area contributed by atoms with Crippen molar-refractivity contribution in [3.63, 3.8) is 0 Å². The number of benzene rings is 1. The van der Waals surface area contributed by atoms with E-state index in [-0.39, 0.29) is 12.1 Å². The largest absolute Gasteiger partial charge is 0.497 e. The summed E-state index contributed by atoms with van der Waals surface area (Å²) in [7, 11) is 1.58. The standard InChI is InChI=1S/C16H13F3NO/c1-21-15-7-5-12(6-8-15)3-2-4-14-11-13(9-10-20-14)16(17,18)19/h2-3,5-10H,4H2,1H3. The molecule has 1 radical (unpaired) electrons. The molecule has 0 saturated carbocycles. The van der Waals surface area contributed by atoms with Gasteiger partial charge in [-0.1, -0.05) is 24.3 Å². The smallest absolute Gasteiger partial charge is 0.417 e. The van der Waals surface area contributed by atoms with Crippen LogP contribution in [0.25, 0.3) is 6.08 Å². The molecule has 0 amide bonds. The molecule has 0 spiro atoms. The number of halogens is 3. The van der Waals surface area contributed by atoms with Gasteiger partial charge in [0, 0.05) is 18.7 Å². The van der Waals surface area contributed by atoms with Gasteiger partial charge < -0.3 is 4.74 Å². The van der Waals surface area contributed by atoms with Crippen LogP contribution in [-0.2, 0) is 12.6 Å². The highest BCUT2D eigenvalue weighted by atomic mass is 19.4. The van der Waals surface area contributed by atoms with Gasteiger partial charge in [0.1, 0.15) is 5.75 Å². The first-order valence-corrected chi connectivity index (χ1v) is 6.24. The summed E-state index contributed by atoms with van der Waals surface area (Å²) in [4.78, 5) is 3.88. The van der Waals surface area contributed by atoms with E-state index in [0.717, 1.165) is 23.6 Å². The molecule has 0 atom stereocenters. The number of rotatable bonds is 4. The number of hydrogen-bond donors (Lipinski definition) is 0. The maximum atomic E-state index is 12.5. The van der Waals surface area contributed by atoms with Crippen LogP contribution >= 0.6 is 0 Å². The lowest BCUT2D eigenvalue weighted by Crippen LogP contribution is -2.06. The Morgan fingerprint density at radius 1 is 1.19 bits per heavy atom. The average molecular weight is 292 g/mol. The van der Waals surface area contributed by atoms with Crippen molar-refractivity contribution >= 4 is 6.08 Å². The Bertz CT molecular complexity index is 618. The molecule has 109 valence electrons. The molecule has 1 aromatic heterocycles. The minimum atomic E-state index is -4.39. The fourth-order valence-electron chi connectivity index (χ4n) is 1.72. The maximum Gasteiger partial charge on any atom is 0.417 e. The molecule has 1 aromatic carbocycles.